The van der Waals surface area contributed by atoms with Crippen molar-refractivity contribution in [2.75, 3.05) is 13.7 Å². The number of methoxy groups -OCH3 is 1. The number of hydrogen-bond acceptors (Lipinski definition) is 5. The molecule has 0 saturated carbocycles. The van der Waals surface area contributed by atoms with Gasteiger partial charge in [0.25, 0.3) is 11.8 Å². The summed E-state index contributed by atoms with van der Waals surface area (Å²) in [5.41, 5.74) is 3.09. The summed E-state index contributed by atoms with van der Waals surface area (Å²) in [5.74, 6) is -0.123. The fraction of sp³-hybridized carbons (Fsp3) is 0.185. The number of aromatic nitrogens is 2. The number of benzene rings is 2. The zero-order valence-electron chi connectivity index (χ0n) is 19.7. The number of carbonyl (C=O) groups excluding carboxylic acids is 3. The van der Waals surface area contributed by atoms with Crippen LogP contribution in [0.3, 0.4) is 0 Å². The minimum absolute atomic E-state index is 0.00664. The summed E-state index contributed by atoms with van der Waals surface area (Å²) in [6, 6.07) is 18.1. The second-order valence-electron chi connectivity index (χ2n) is 9.11. The highest BCUT2D eigenvalue weighted by atomic mass is 16.5. The molecule has 1 atom stereocenters. The van der Waals surface area contributed by atoms with Crippen LogP contribution >= 0.6 is 0 Å². The Morgan fingerprint density at radius 3 is 2.56 bits per heavy atom. The summed E-state index contributed by atoms with van der Waals surface area (Å²) in [4.78, 5) is 44.9. The molecule has 0 spiro atoms. The normalized spacial score (nSPS) is 18.9. The lowest BCUT2D eigenvalue weighted by Crippen LogP contribution is -2.52. The third kappa shape index (κ3) is 3.31. The van der Waals surface area contributed by atoms with Crippen LogP contribution in [-0.2, 0) is 23.9 Å². The molecule has 180 valence electrons. The van der Waals surface area contributed by atoms with Gasteiger partial charge in [0.05, 0.1) is 19.3 Å². The smallest absolute Gasteiger partial charge is 0.322 e. The Morgan fingerprint density at radius 2 is 1.83 bits per heavy atom. The number of carbonyl (C=O) groups is 3. The number of aryl methyl sites for hydroxylation is 1. The number of fused-ring (bicyclic) bond motifs is 2. The SMILES string of the molecule is COc1ccc2c(c1)C(=O)N(C[C@@]1(c3ccc(-c4ccc5ccn(C)c5n4)cc3)NC(=O)NC1=O)C2. The molecule has 9 nitrogen and oxygen atoms in total. The maximum absolute atomic E-state index is 13.2. The molecule has 0 aliphatic carbocycles. The molecule has 0 unspecified atom stereocenters. The molecular formula is C27H23N5O4. The summed E-state index contributed by atoms with van der Waals surface area (Å²) >= 11 is 0. The van der Waals surface area contributed by atoms with E-state index in [0.29, 0.717) is 23.4 Å². The summed E-state index contributed by atoms with van der Waals surface area (Å²) in [7, 11) is 3.49. The molecule has 0 bridgehead atoms. The number of pyridine rings is 1. The Bertz CT molecular complexity index is 1560. The lowest BCUT2D eigenvalue weighted by atomic mass is 9.88. The van der Waals surface area contributed by atoms with Gasteiger partial charge in [-0.3, -0.25) is 14.9 Å². The van der Waals surface area contributed by atoms with E-state index in [1.807, 2.05) is 54.2 Å². The zero-order chi connectivity index (χ0) is 25.0. The van der Waals surface area contributed by atoms with Gasteiger partial charge in [0.15, 0.2) is 5.54 Å². The van der Waals surface area contributed by atoms with Crippen molar-refractivity contribution < 1.29 is 19.1 Å². The molecule has 9 heteroatoms. The van der Waals surface area contributed by atoms with Crippen LogP contribution in [0.1, 0.15) is 21.5 Å². The average molecular weight is 482 g/mol. The van der Waals surface area contributed by atoms with Crippen LogP contribution < -0.4 is 15.4 Å². The molecule has 4 amide bonds. The van der Waals surface area contributed by atoms with E-state index in [4.69, 9.17) is 9.72 Å². The van der Waals surface area contributed by atoms with Gasteiger partial charge in [0, 0.05) is 36.3 Å². The van der Waals surface area contributed by atoms with Gasteiger partial charge >= 0.3 is 6.03 Å². The molecule has 1 fully saturated rings. The Labute approximate surface area is 206 Å². The van der Waals surface area contributed by atoms with Crippen molar-refractivity contribution in [1.82, 2.24) is 25.1 Å². The standard InChI is InChI=1S/C27H23N5O4/c1-31-12-11-17-6-10-22(28-23(17)31)16-3-7-19(8-4-16)27(25(34)29-26(35)30-27)15-32-14-18-5-9-20(36-2)13-21(18)24(32)33/h3-13H,14-15H2,1-2H3,(H2,29,30,34,35)/t27-/m0/s1. The molecule has 36 heavy (non-hydrogen) atoms. The van der Waals surface area contributed by atoms with Crippen LogP contribution in [-0.4, -0.2) is 46.0 Å². The van der Waals surface area contributed by atoms with E-state index in [-0.39, 0.29) is 12.5 Å². The molecule has 1 saturated heterocycles. The number of nitrogens with one attached hydrogen (secondary N) is 2. The minimum Gasteiger partial charge on any atom is -0.497 e. The molecule has 2 N–H and O–H groups in total. The molecule has 2 aliphatic heterocycles. The van der Waals surface area contributed by atoms with Gasteiger partial charge in [-0.1, -0.05) is 30.3 Å². The Balaban J connectivity index is 1.33. The molecular weight excluding hydrogens is 458 g/mol. The van der Waals surface area contributed by atoms with E-state index in [1.165, 1.54) is 0 Å². The van der Waals surface area contributed by atoms with Gasteiger partial charge in [-0.2, -0.15) is 0 Å². The lowest BCUT2D eigenvalue weighted by Gasteiger charge is -2.31. The predicted molar refractivity (Wildman–Crippen MR) is 132 cm³/mol. The van der Waals surface area contributed by atoms with Crippen molar-refractivity contribution in [1.29, 1.82) is 0 Å². The fourth-order valence-corrected chi connectivity index (χ4v) is 5.00. The minimum atomic E-state index is -1.41. The molecule has 2 aromatic heterocycles. The number of hydrogen-bond donors (Lipinski definition) is 2. The van der Waals surface area contributed by atoms with Crippen molar-refractivity contribution in [3.63, 3.8) is 0 Å². The summed E-state index contributed by atoms with van der Waals surface area (Å²) in [6.45, 7) is 0.328. The number of urea groups is 1. The first-order chi connectivity index (χ1) is 17.4. The molecule has 2 aromatic carbocycles. The maximum Gasteiger partial charge on any atom is 0.322 e. The second-order valence-corrected chi connectivity index (χ2v) is 9.11. The van der Waals surface area contributed by atoms with E-state index in [0.717, 1.165) is 27.9 Å². The van der Waals surface area contributed by atoms with Crippen LogP contribution in [0.25, 0.3) is 22.3 Å². The first-order valence-electron chi connectivity index (χ1n) is 11.5. The maximum atomic E-state index is 13.2. The molecule has 4 heterocycles. The Kier molecular flexibility index (Phi) is 4.82. The van der Waals surface area contributed by atoms with Gasteiger partial charge in [-0.05, 0) is 41.5 Å². The summed E-state index contributed by atoms with van der Waals surface area (Å²) in [6.07, 6.45) is 1.96. The van der Waals surface area contributed by atoms with Crippen molar-refractivity contribution in [2.24, 2.45) is 7.05 Å². The highest BCUT2D eigenvalue weighted by molar-refractivity contribution is 6.08. The summed E-state index contributed by atoms with van der Waals surface area (Å²) in [5, 5.41) is 6.17. The second kappa shape index (κ2) is 7.94. The van der Waals surface area contributed by atoms with Crippen LogP contribution in [0.5, 0.6) is 5.75 Å². The molecule has 4 aromatic rings. The van der Waals surface area contributed by atoms with Crippen LogP contribution in [0.4, 0.5) is 4.79 Å². The fourth-order valence-electron chi connectivity index (χ4n) is 5.00. The van der Waals surface area contributed by atoms with Crippen molar-refractivity contribution in [2.45, 2.75) is 12.1 Å². The quantitative estimate of drug-likeness (QED) is 0.427. The zero-order valence-corrected chi connectivity index (χ0v) is 19.7. The Hall–Kier alpha value is -4.66. The summed E-state index contributed by atoms with van der Waals surface area (Å²) < 4.78 is 7.21. The topological polar surface area (TPSA) is 106 Å². The first kappa shape index (κ1) is 21.8. The highest BCUT2D eigenvalue weighted by Crippen LogP contribution is 2.33. The Morgan fingerprint density at radius 1 is 1.03 bits per heavy atom. The van der Waals surface area contributed by atoms with E-state index in [2.05, 4.69) is 10.6 Å². The highest BCUT2D eigenvalue weighted by Gasteiger charge is 2.50. The lowest BCUT2D eigenvalue weighted by molar-refractivity contribution is -0.124. The van der Waals surface area contributed by atoms with E-state index >= 15 is 0 Å². The third-order valence-corrected chi connectivity index (χ3v) is 6.96. The number of ether oxygens (including phenoxy) is 1. The molecule has 0 radical (unpaired) electrons. The van der Waals surface area contributed by atoms with Gasteiger partial charge in [-0.15, -0.1) is 0 Å². The van der Waals surface area contributed by atoms with E-state index < -0.39 is 17.5 Å². The largest absolute Gasteiger partial charge is 0.497 e. The molecule has 6 rings (SSSR count). The first-order valence-corrected chi connectivity index (χ1v) is 11.5. The van der Waals surface area contributed by atoms with Crippen molar-refractivity contribution in [3.8, 4) is 17.0 Å². The number of rotatable bonds is 5. The van der Waals surface area contributed by atoms with Crippen molar-refractivity contribution >= 4 is 28.9 Å². The van der Waals surface area contributed by atoms with Crippen LogP contribution in [0.2, 0.25) is 0 Å². The van der Waals surface area contributed by atoms with E-state index in [9.17, 15) is 14.4 Å². The number of nitrogens with zero attached hydrogens (tertiary/aromatic N) is 3. The van der Waals surface area contributed by atoms with Crippen LogP contribution in [0, 0.1) is 0 Å². The number of imide groups is 1. The van der Waals surface area contributed by atoms with Crippen LogP contribution in [0.15, 0.2) is 66.9 Å². The van der Waals surface area contributed by atoms with E-state index in [1.54, 1.807) is 36.3 Å². The predicted octanol–water partition coefficient (Wildman–Crippen LogP) is 2.94. The third-order valence-electron chi connectivity index (χ3n) is 6.96. The van der Waals surface area contributed by atoms with Gasteiger partial charge in [-0.25, -0.2) is 9.78 Å². The number of amides is 4. The monoisotopic (exact) mass is 481 g/mol. The van der Waals surface area contributed by atoms with Gasteiger partial charge < -0.3 is 19.5 Å². The van der Waals surface area contributed by atoms with Crippen molar-refractivity contribution in [3.05, 3.63) is 83.6 Å². The molecule has 2 aliphatic rings. The average Bonchev–Trinajstić information content (AvgIpc) is 3.51. The van der Waals surface area contributed by atoms with Gasteiger partial charge in [0.2, 0.25) is 0 Å². The van der Waals surface area contributed by atoms with Gasteiger partial charge in [0.1, 0.15) is 11.4 Å².